The number of carbonyl (C=O) groups is 2. The molecule has 0 atom stereocenters. The van der Waals surface area contributed by atoms with Gasteiger partial charge in [0.1, 0.15) is 0 Å². The summed E-state index contributed by atoms with van der Waals surface area (Å²) < 4.78 is 10.1. The molecule has 1 aromatic carbocycles. The molecular formula is C13H10N2O5. The molecule has 102 valence electrons. The van der Waals surface area contributed by atoms with Gasteiger partial charge in [-0.15, -0.1) is 0 Å². The number of rotatable bonds is 4. The van der Waals surface area contributed by atoms with Crippen LogP contribution in [0.2, 0.25) is 0 Å². The first-order valence-corrected chi connectivity index (χ1v) is 5.52. The number of benzene rings is 1. The van der Waals surface area contributed by atoms with Crippen LogP contribution in [0.15, 0.2) is 36.7 Å². The number of hydrogen-bond donors (Lipinski definition) is 1. The summed E-state index contributed by atoms with van der Waals surface area (Å²) in [4.78, 5) is 29.9. The van der Waals surface area contributed by atoms with Gasteiger partial charge < -0.3 is 14.6 Å². The van der Waals surface area contributed by atoms with E-state index in [-0.39, 0.29) is 17.1 Å². The highest BCUT2D eigenvalue weighted by molar-refractivity contribution is 5.91. The summed E-state index contributed by atoms with van der Waals surface area (Å²) in [5.41, 5.74) is -0.532. The summed E-state index contributed by atoms with van der Waals surface area (Å²) in [7, 11) is 1.44. The predicted molar refractivity (Wildman–Crippen MR) is 66.9 cm³/mol. The van der Waals surface area contributed by atoms with Crippen molar-refractivity contribution in [3.8, 4) is 11.5 Å². The highest BCUT2D eigenvalue weighted by atomic mass is 16.6. The Morgan fingerprint density at radius 2 is 1.75 bits per heavy atom. The molecule has 0 aliphatic carbocycles. The summed E-state index contributed by atoms with van der Waals surface area (Å²) in [5, 5.41) is 8.79. The number of hydrogen-bond acceptors (Lipinski definition) is 6. The van der Waals surface area contributed by atoms with Crippen molar-refractivity contribution in [3.05, 3.63) is 48.0 Å². The largest absolute Gasteiger partial charge is 0.493 e. The molecule has 1 N–H and O–H groups in total. The average Bonchev–Trinajstić information content (AvgIpc) is 2.48. The fourth-order valence-corrected chi connectivity index (χ4v) is 1.42. The van der Waals surface area contributed by atoms with E-state index in [1.165, 1.54) is 7.11 Å². The summed E-state index contributed by atoms with van der Waals surface area (Å²) in [6, 6.07) is 6.57. The molecule has 0 amide bonds. The van der Waals surface area contributed by atoms with Gasteiger partial charge in [-0.3, -0.25) is 4.98 Å². The Morgan fingerprint density at radius 3 is 2.40 bits per heavy atom. The maximum atomic E-state index is 11.9. The molecule has 2 aromatic rings. The van der Waals surface area contributed by atoms with Crippen molar-refractivity contribution in [2.24, 2.45) is 0 Å². The topological polar surface area (TPSA) is 98.6 Å². The lowest BCUT2D eigenvalue weighted by Crippen LogP contribution is -2.14. The van der Waals surface area contributed by atoms with E-state index >= 15 is 0 Å². The van der Waals surface area contributed by atoms with Gasteiger partial charge in [0.2, 0.25) is 0 Å². The SMILES string of the molecule is COc1ccccc1OC(=O)c1cncc(C(=O)O)n1. The second-order valence-corrected chi connectivity index (χ2v) is 3.64. The van der Waals surface area contributed by atoms with Crippen molar-refractivity contribution in [2.75, 3.05) is 7.11 Å². The minimum atomic E-state index is -1.27. The Hall–Kier alpha value is -2.96. The van der Waals surface area contributed by atoms with Gasteiger partial charge in [0, 0.05) is 0 Å². The number of esters is 1. The number of para-hydroxylation sites is 2. The zero-order valence-corrected chi connectivity index (χ0v) is 10.4. The van der Waals surface area contributed by atoms with Crippen molar-refractivity contribution in [3.63, 3.8) is 0 Å². The Labute approximate surface area is 113 Å². The van der Waals surface area contributed by atoms with Gasteiger partial charge in [0.05, 0.1) is 19.5 Å². The zero-order valence-electron chi connectivity index (χ0n) is 10.4. The zero-order chi connectivity index (χ0) is 14.5. The van der Waals surface area contributed by atoms with Gasteiger partial charge in [-0.2, -0.15) is 0 Å². The number of aromatic nitrogens is 2. The molecule has 0 saturated heterocycles. The highest BCUT2D eigenvalue weighted by Crippen LogP contribution is 2.26. The third kappa shape index (κ3) is 2.89. The molecule has 0 aliphatic heterocycles. The Bertz CT molecular complexity index is 657. The molecule has 0 bridgehead atoms. The van der Waals surface area contributed by atoms with Crippen molar-refractivity contribution in [1.29, 1.82) is 0 Å². The van der Waals surface area contributed by atoms with Crippen LogP contribution in [0.5, 0.6) is 11.5 Å². The molecule has 1 heterocycles. The average molecular weight is 274 g/mol. The molecule has 1 aromatic heterocycles. The van der Waals surface area contributed by atoms with Crippen LogP contribution in [0.25, 0.3) is 0 Å². The Kier molecular flexibility index (Phi) is 3.90. The van der Waals surface area contributed by atoms with Crippen molar-refractivity contribution in [1.82, 2.24) is 9.97 Å². The van der Waals surface area contributed by atoms with Crippen molar-refractivity contribution >= 4 is 11.9 Å². The quantitative estimate of drug-likeness (QED) is 0.664. The van der Waals surface area contributed by atoms with Crippen LogP contribution < -0.4 is 9.47 Å². The van der Waals surface area contributed by atoms with E-state index in [0.29, 0.717) is 5.75 Å². The first-order chi connectivity index (χ1) is 9.61. The molecule has 0 radical (unpaired) electrons. The lowest BCUT2D eigenvalue weighted by molar-refractivity contribution is 0.0688. The molecule has 7 nitrogen and oxygen atoms in total. The summed E-state index contributed by atoms with van der Waals surface area (Å²) >= 11 is 0. The van der Waals surface area contributed by atoms with Crippen LogP contribution in [0.3, 0.4) is 0 Å². The fourth-order valence-electron chi connectivity index (χ4n) is 1.42. The molecule has 0 aliphatic rings. The van der Waals surface area contributed by atoms with E-state index in [1.807, 2.05) is 0 Å². The standard InChI is InChI=1S/C13H10N2O5/c1-19-10-4-2-3-5-11(10)20-13(18)9-7-14-6-8(15-9)12(16)17/h2-7H,1H3,(H,16,17). The molecule has 0 fully saturated rings. The smallest absolute Gasteiger partial charge is 0.364 e. The maximum Gasteiger partial charge on any atom is 0.364 e. The summed E-state index contributed by atoms with van der Waals surface area (Å²) in [5.74, 6) is -1.50. The van der Waals surface area contributed by atoms with Crippen LogP contribution in [-0.2, 0) is 0 Å². The monoisotopic (exact) mass is 274 g/mol. The molecule has 2 rings (SSSR count). The second kappa shape index (κ2) is 5.79. The number of carboxylic acids is 1. The van der Waals surface area contributed by atoms with E-state index < -0.39 is 11.9 Å². The highest BCUT2D eigenvalue weighted by Gasteiger charge is 2.16. The Morgan fingerprint density at radius 1 is 1.10 bits per heavy atom. The van der Waals surface area contributed by atoms with Gasteiger partial charge in [0.25, 0.3) is 0 Å². The van der Waals surface area contributed by atoms with Crippen LogP contribution in [-0.4, -0.2) is 34.1 Å². The lowest BCUT2D eigenvalue weighted by atomic mass is 10.3. The Balaban J connectivity index is 2.24. The van der Waals surface area contributed by atoms with Gasteiger partial charge >= 0.3 is 11.9 Å². The van der Waals surface area contributed by atoms with Crippen LogP contribution >= 0.6 is 0 Å². The van der Waals surface area contributed by atoms with Crippen molar-refractivity contribution in [2.45, 2.75) is 0 Å². The van der Waals surface area contributed by atoms with Crippen LogP contribution in [0.1, 0.15) is 21.0 Å². The lowest BCUT2D eigenvalue weighted by Gasteiger charge is -2.08. The van der Waals surface area contributed by atoms with E-state index in [0.717, 1.165) is 12.4 Å². The fraction of sp³-hybridized carbons (Fsp3) is 0.0769. The predicted octanol–water partition coefficient (Wildman–Crippen LogP) is 1.40. The number of nitrogens with zero attached hydrogens (tertiary/aromatic N) is 2. The van der Waals surface area contributed by atoms with Crippen LogP contribution in [0.4, 0.5) is 0 Å². The summed E-state index contributed by atoms with van der Waals surface area (Å²) in [6.45, 7) is 0. The number of ether oxygens (including phenoxy) is 2. The minimum absolute atomic E-state index is 0.198. The molecule has 0 saturated carbocycles. The second-order valence-electron chi connectivity index (χ2n) is 3.64. The molecule has 0 unspecified atom stereocenters. The first kappa shape index (κ1) is 13.5. The van der Waals surface area contributed by atoms with E-state index in [9.17, 15) is 9.59 Å². The van der Waals surface area contributed by atoms with Gasteiger partial charge in [-0.25, -0.2) is 14.6 Å². The molecule has 7 heteroatoms. The minimum Gasteiger partial charge on any atom is -0.493 e. The third-order valence-corrected chi connectivity index (χ3v) is 2.33. The maximum absolute atomic E-state index is 11.9. The van der Waals surface area contributed by atoms with Crippen molar-refractivity contribution < 1.29 is 24.2 Å². The molecular weight excluding hydrogens is 264 g/mol. The molecule has 20 heavy (non-hydrogen) atoms. The number of aromatic carboxylic acids is 1. The summed E-state index contributed by atoms with van der Waals surface area (Å²) in [6.07, 6.45) is 2.17. The third-order valence-electron chi connectivity index (χ3n) is 2.33. The van der Waals surface area contributed by atoms with Gasteiger partial charge in [-0.1, -0.05) is 12.1 Å². The number of methoxy groups -OCH3 is 1. The van der Waals surface area contributed by atoms with Gasteiger partial charge in [-0.05, 0) is 12.1 Å². The number of carbonyl (C=O) groups excluding carboxylic acids is 1. The van der Waals surface area contributed by atoms with E-state index in [4.69, 9.17) is 14.6 Å². The normalized spacial score (nSPS) is 9.85. The van der Waals surface area contributed by atoms with E-state index in [1.54, 1.807) is 24.3 Å². The molecule has 0 spiro atoms. The number of carboxylic acid groups (broad SMARTS) is 1. The van der Waals surface area contributed by atoms with Crippen LogP contribution in [0, 0.1) is 0 Å². The first-order valence-electron chi connectivity index (χ1n) is 5.52. The van der Waals surface area contributed by atoms with Gasteiger partial charge in [0.15, 0.2) is 22.9 Å². The van der Waals surface area contributed by atoms with E-state index in [2.05, 4.69) is 9.97 Å².